The van der Waals surface area contributed by atoms with Gasteiger partial charge in [-0.3, -0.25) is 14.9 Å². The normalized spacial score (nSPS) is 12.0. The third-order valence-electron chi connectivity index (χ3n) is 3.55. The van der Waals surface area contributed by atoms with Crippen molar-refractivity contribution in [2.45, 2.75) is 6.92 Å². The molecule has 0 spiro atoms. The highest BCUT2D eigenvalue weighted by Gasteiger charge is 2.29. The van der Waals surface area contributed by atoms with Gasteiger partial charge in [-0.2, -0.15) is 0 Å². The summed E-state index contributed by atoms with van der Waals surface area (Å²) in [5.74, 6) is 0.155. The van der Waals surface area contributed by atoms with E-state index < -0.39 is 10.8 Å². The van der Waals surface area contributed by atoms with E-state index in [1.54, 1.807) is 24.3 Å². The summed E-state index contributed by atoms with van der Waals surface area (Å²) in [6, 6.07) is 11.6. The van der Waals surface area contributed by atoms with Crippen LogP contribution >= 0.6 is 0 Å². The van der Waals surface area contributed by atoms with Crippen LogP contribution in [-0.2, 0) is 0 Å². The topological polar surface area (TPSA) is 81.9 Å². The minimum absolute atomic E-state index is 0.0136. The van der Waals surface area contributed by atoms with Gasteiger partial charge < -0.3 is 14.4 Å². The van der Waals surface area contributed by atoms with E-state index in [2.05, 4.69) is 0 Å². The van der Waals surface area contributed by atoms with Gasteiger partial charge in [-0.05, 0) is 19.1 Å². The average Bonchev–Trinajstić information content (AvgIpc) is 3.02. The first-order valence-corrected chi connectivity index (χ1v) is 7.06. The number of nitro groups is 1. The van der Waals surface area contributed by atoms with Crippen LogP contribution in [0.25, 0.3) is 0 Å². The number of hydrogen-bond donors (Lipinski definition) is 0. The van der Waals surface area contributed by atoms with Gasteiger partial charge in [-0.25, -0.2) is 0 Å². The van der Waals surface area contributed by atoms with E-state index in [-0.39, 0.29) is 23.8 Å². The van der Waals surface area contributed by atoms with Crippen molar-refractivity contribution in [1.29, 1.82) is 0 Å². The van der Waals surface area contributed by atoms with Crippen molar-refractivity contribution in [3.63, 3.8) is 0 Å². The van der Waals surface area contributed by atoms with Crippen molar-refractivity contribution in [3.05, 3.63) is 58.1 Å². The molecule has 0 unspecified atom stereocenters. The molecule has 0 saturated heterocycles. The molecule has 0 fully saturated rings. The summed E-state index contributed by atoms with van der Waals surface area (Å²) < 4.78 is 10.4. The largest absolute Gasteiger partial charge is 0.454 e. The van der Waals surface area contributed by atoms with Gasteiger partial charge in [0.1, 0.15) is 5.56 Å². The van der Waals surface area contributed by atoms with Crippen LogP contribution in [0, 0.1) is 10.1 Å². The number of amides is 1. The molecule has 0 saturated carbocycles. The van der Waals surface area contributed by atoms with Crippen molar-refractivity contribution in [2.24, 2.45) is 0 Å². The summed E-state index contributed by atoms with van der Waals surface area (Å²) in [4.78, 5) is 25.0. The highest BCUT2D eigenvalue weighted by Crippen LogP contribution is 2.38. The van der Waals surface area contributed by atoms with Crippen LogP contribution in [0.4, 0.5) is 11.4 Å². The van der Waals surface area contributed by atoms with Crippen LogP contribution in [0.1, 0.15) is 17.3 Å². The fourth-order valence-electron chi connectivity index (χ4n) is 2.45. The number of benzene rings is 2. The van der Waals surface area contributed by atoms with Crippen molar-refractivity contribution in [3.8, 4) is 11.5 Å². The van der Waals surface area contributed by atoms with Crippen LogP contribution in [0.3, 0.4) is 0 Å². The first-order valence-electron chi connectivity index (χ1n) is 7.06. The van der Waals surface area contributed by atoms with Gasteiger partial charge in [-0.15, -0.1) is 0 Å². The zero-order valence-corrected chi connectivity index (χ0v) is 12.4. The molecule has 0 atom stereocenters. The zero-order chi connectivity index (χ0) is 16.4. The zero-order valence-electron chi connectivity index (χ0n) is 12.4. The van der Waals surface area contributed by atoms with Crippen molar-refractivity contribution in [2.75, 3.05) is 18.2 Å². The molecular formula is C16H14N2O5. The number of rotatable bonds is 4. The van der Waals surface area contributed by atoms with Crippen LogP contribution in [0.5, 0.6) is 11.5 Å². The molecule has 23 heavy (non-hydrogen) atoms. The number of nitrogens with zero attached hydrogens (tertiary/aromatic N) is 2. The summed E-state index contributed by atoms with van der Waals surface area (Å²) in [5.41, 5.74) is 0.352. The Balaban J connectivity index is 2.06. The molecule has 2 aromatic carbocycles. The second kappa shape index (κ2) is 5.96. The molecule has 1 heterocycles. The van der Waals surface area contributed by atoms with E-state index >= 15 is 0 Å². The van der Waals surface area contributed by atoms with E-state index in [1.165, 1.54) is 17.0 Å². The minimum atomic E-state index is -0.589. The number of para-hydroxylation sites is 1. The Labute approximate surface area is 132 Å². The first-order chi connectivity index (χ1) is 11.1. The quantitative estimate of drug-likeness (QED) is 0.640. The summed E-state index contributed by atoms with van der Waals surface area (Å²) in [6.07, 6.45) is 0. The lowest BCUT2D eigenvalue weighted by atomic mass is 10.1. The number of fused-ring (bicyclic) bond motifs is 1. The van der Waals surface area contributed by atoms with Crippen molar-refractivity contribution < 1.29 is 19.2 Å². The van der Waals surface area contributed by atoms with E-state index in [0.717, 1.165) is 0 Å². The Bertz CT molecular complexity index is 761. The molecule has 1 aliphatic heterocycles. The molecule has 1 aliphatic rings. The monoisotopic (exact) mass is 314 g/mol. The first kappa shape index (κ1) is 14.8. The van der Waals surface area contributed by atoms with Crippen LogP contribution in [0.15, 0.2) is 42.5 Å². The lowest BCUT2D eigenvalue weighted by molar-refractivity contribution is -0.385. The second-order valence-electron chi connectivity index (χ2n) is 4.86. The van der Waals surface area contributed by atoms with Gasteiger partial charge in [-0.1, -0.05) is 18.2 Å². The van der Waals surface area contributed by atoms with Crippen molar-refractivity contribution >= 4 is 17.3 Å². The Morgan fingerprint density at radius 3 is 2.48 bits per heavy atom. The van der Waals surface area contributed by atoms with E-state index in [9.17, 15) is 14.9 Å². The summed E-state index contributed by atoms with van der Waals surface area (Å²) >= 11 is 0. The van der Waals surface area contributed by atoms with Gasteiger partial charge >= 0.3 is 0 Å². The van der Waals surface area contributed by atoms with E-state index in [4.69, 9.17) is 9.47 Å². The predicted molar refractivity (Wildman–Crippen MR) is 83.0 cm³/mol. The molecular weight excluding hydrogens is 300 g/mol. The maximum atomic E-state index is 12.8. The SMILES string of the molecule is CCN(C(=O)c1cc2c(cc1[N+](=O)[O-])OCO2)c1ccccc1. The maximum absolute atomic E-state index is 12.8. The molecule has 0 radical (unpaired) electrons. The Morgan fingerprint density at radius 2 is 1.87 bits per heavy atom. The number of anilines is 1. The van der Waals surface area contributed by atoms with E-state index in [1.807, 2.05) is 13.0 Å². The van der Waals surface area contributed by atoms with E-state index in [0.29, 0.717) is 18.0 Å². The van der Waals surface area contributed by atoms with Gasteiger partial charge in [0, 0.05) is 18.3 Å². The molecule has 7 heteroatoms. The van der Waals surface area contributed by atoms with Crippen molar-refractivity contribution in [1.82, 2.24) is 0 Å². The number of nitro benzene ring substituents is 1. The van der Waals surface area contributed by atoms with Gasteiger partial charge in [0.2, 0.25) is 6.79 Å². The molecule has 0 aliphatic carbocycles. The number of hydrogen-bond acceptors (Lipinski definition) is 5. The van der Waals surface area contributed by atoms with Crippen LogP contribution in [-0.4, -0.2) is 24.2 Å². The third-order valence-corrected chi connectivity index (χ3v) is 3.55. The standard InChI is InChI=1S/C16H14N2O5/c1-2-17(11-6-4-3-5-7-11)16(19)12-8-14-15(23-10-22-14)9-13(12)18(20)21/h3-9H,2,10H2,1H3. The lowest BCUT2D eigenvalue weighted by Crippen LogP contribution is -2.31. The molecule has 7 nitrogen and oxygen atoms in total. The highest BCUT2D eigenvalue weighted by atomic mass is 16.7. The second-order valence-corrected chi connectivity index (χ2v) is 4.86. The molecule has 2 aromatic rings. The molecule has 0 aromatic heterocycles. The fourth-order valence-corrected chi connectivity index (χ4v) is 2.45. The average molecular weight is 314 g/mol. The number of carbonyl (C=O) groups is 1. The predicted octanol–water partition coefficient (Wildman–Crippen LogP) is 2.99. The van der Waals surface area contributed by atoms with Gasteiger partial charge in [0.05, 0.1) is 11.0 Å². The minimum Gasteiger partial charge on any atom is -0.454 e. The summed E-state index contributed by atoms with van der Waals surface area (Å²) in [7, 11) is 0. The summed E-state index contributed by atoms with van der Waals surface area (Å²) in [5, 5.41) is 11.3. The smallest absolute Gasteiger partial charge is 0.286 e. The van der Waals surface area contributed by atoms with Gasteiger partial charge in [0.15, 0.2) is 11.5 Å². The molecule has 118 valence electrons. The fraction of sp³-hybridized carbons (Fsp3) is 0.188. The Morgan fingerprint density at radius 1 is 1.22 bits per heavy atom. The van der Waals surface area contributed by atoms with Gasteiger partial charge in [0.25, 0.3) is 11.6 Å². The maximum Gasteiger partial charge on any atom is 0.286 e. The number of carbonyl (C=O) groups excluding carboxylic acids is 1. The lowest BCUT2D eigenvalue weighted by Gasteiger charge is -2.21. The summed E-state index contributed by atoms with van der Waals surface area (Å²) in [6.45, 7) is 2.18. The molecule has 0 bridgehead atoms. The molecule has 3 rings (SSSR count). The highest BCUT2D eigenvalue weighted by molar-refractivity contribution is 6.09. The van der Waals surface area contributed by atoms with Crippen LogP contribution in [0.2, 0.25) is 0 Å². The Kier molecular flexibility index (Phi) is 3.84. The molecule has 1 amide bonds. The third kappa shape index (κ3) is 2.68. The Hall–Kier alpha value is -3.09. The molecule has 0 N–H and O–H groups in total. The van der Waals surface area contributed by atoms with Crippen LogP contribution < -0.4 is 14.4 Å². The number of ether oxygens (including phenoxy) is 2.